The van der Waals surface area contributed by atoms with Crippen LogP contribution in [0.3, 0.4) is 0 Å². The topological polar surface area (TPSA) is 31.9 Å². The number of hydrogen-bond acceptors (Lipinski definition) is 2. The van der Waals surface area contributed by atoms with Gasteiger partial charge in [-0.1, -0.05) is 0 Å². The Morgan fingerprint density at radius 2 is 2.07 bits per heavy atom. The summed E-state index contributed by atoms with van der Waals surface area (Å²) in [5.74, 6) is 0. The second-order valence-corrected chi connectivity index (χ2v) is 3.80. The summed E-state index contributed by atoms with van der Waals surface area (Å²) in [6, 6.07) is 6.43. The molecule has 0 radical (unpaired) electrons. The monoisotopic (exact) mass is 187 g/mol. The summed E-state index contributed by atoms with van der Waals surface area (Å²) in [4.78, 5) is 9.79. The van der Waals surface area contributed by atoms with Gasteiger partial charge in [-0.2, -0.15) is 0 Å². The SMILES string of the molecule is c1nc2ccc(N3CCCC3)cc2[nH]1. The quantitative estimate of drug-likeness (QED) is 0.742. The molecular weight excluding hydrogens is 174 g/mol. The summed E-state index contributed by atoms with van der Waals surface area (Å²) in [5, 5.41) is 0. The first-order valence-electron chi connectivity index (χ1n) is 5.11. The zero-order valence-electron chi connectivity index (χ0n) is 8.03. The lowest BCUT2D eigenvalue weighted by molar-refractivity contribution is 0.949. The first-order chi connectivity index (χ1) is 6.93. The largest absolute Gasteiger partial charge is 0.371 e. The van der Waals surface area contributed by atoms with Crippen LogP contribution < -0.4 is 4.90 Å². The van der Waals surface area contributed by atoms with Gasteiger partial charge in [0.15, 0.2) is 0 Å². The molecule has 0 unspecified atom stereocenters. The Bertz CT molecular complexity index is 440. The van der Waals surface area contributed by atoms with Gasteiger partial charge >= 0.3 is 0 Å². The Kier molecular flexibility index (Phi) is 1.69. The highest BCUT2D eigenvalue weighted by atomic mass is 15.1. The fourth-order valence-electron chi connectivity index (χ4n) is 2.10. The molecule has 3 rings (SSSR count). The van der Waals surface area contributed by atoms with E-state index in [4.69, 9.17) is 0 Å². The Labute approximate surface area is 82.8 Å². The van der Waals surface area contributed by atoms with Gasteiger partial charge in [-0.05, 0) is 31.0 Å². The highest BCUT2D eigenvalue weighted by Crippen LogP contribution is 2.23. The van der Waals surface area contributed by atoms with Crippen molar-refractivity contribution in [2.24, 2.45) is 0 Å². The molecule has 1 aliphatic heterocycles. The maximum absolute atomic E-state index is 4.21. The summed E-state index contributed by atoms with van der Waals surface area (Å²) < 4.78 is 0. The molecule has 3 nitrogen and oxygen atoms in total. The molecule has 1 fully saturated rings. The third-order valence-corrected chi connectivity index (χ3v) is 2.88. The molecule has 0 bridgehead atoms. The van der Waals surface area contributed by atoms with Crippen molar-refractivity contribution in [2.45, 2.75) is 12.8 Å². The van der Waals surface area contributed by atoms with Gasteiger partial charge < -0.3 is 9.88 Å². The highest BCUT2D eigenvalue weighted by molar-refractivity contribution is 5.79. The number of fused-ring (bicyclic) bond motifs is 1. The van der Waals surface area contributed by atoms with Crippen LogP contribution >= 0.6 is 0 Å². The van der Waals surface area contributed by atoms with Crippen LogP contribution in [0.15, 0.2) is 24.5 Å². The Hall–Kier alpha value is -1.51. The van der Waals surface area contributed by atoms with Crippen molar-refractivity contribution >= 4 is 16.7 Å². The normalized spacial score (nSPS) is 16.7. The summed E-state index contributed by atoms with van der Waals surface area (Å²) in [6.45, 7) is 2.39. The molecule has 1 aromatic heterocycles. The summed E-state index contributed by atoms with van der Waals surface area (Å²) in [7, 11) is 0. The molecule has 0 amide bonds. The summed E-state index contributed by atoms with van der Waals surface area (Å²) >= 11 is 0. The first kappa shape index (κ1) is 7.85. The Morgan fingerprint density at radius 3 is 2.93 bits per heavy atom. The highest BCUT2D eigenvalue weighted by Gasteiger charge is 2.12. The van der Waals surface area contributed by atoms with E-state index in [2.05, 4.69) is 33.1 Å². The standard InChI is InChI=1S/C11H13N3/c1-2-6-14(5-1)9-3-4-10-11(7-9)13-8-12-10/h3-4,7-8H,1-2,5-6H2,(H,12,13). The number of rotatable bonds is 1. The molecule has 0 aliphatic carbocycles. The van der Waals surface area contributed by atoms with Crippen molar-refractivity contribution in [3.05, 3.63) is 24.5 Å². The molecule has 72 valence electrons. The van der Waals surface area contributed by atoms with Crippen LogP contribution in [0.25, 0.3) is 11.0 Å². The average Bonchev–Trinajstić information content (AvgIpc) is 2.88. The van der Waals surface area contributed by atoms with Gasteiger partial charge in [0.2, 0.25) is 0 Å². The van der Waals surface area contributed by atoms with E-state index in [1.165, 1.54) is 31.6 Å². The Balaban J connectivity index is 2.04. The molecule has 1 saturated heterocycles. The van der Waals surface area contributed by atoms with Gasteiger partial charge in [-0.15, -0.1) is 0 Å². The number of hydrogen-bond donors (Lipinski definition) is 1. The third kappa shape index (κ3) is 1.16. The number of nitrogens with zero attached hydrogens (tertiary/aromatic N) is 2. The van der Waals surface area contributed by atoms with Crippen LogP contribution in [0.2, 0.25) is 0 Å². The summed E-state index contributed by atoms with van der Waals surface area (Å²) in [6.07, 6.45) is 4.39. The lowest BCUT2D eigenvalue weighted by Crippen LogP contribution is -2.17. The van der Waals surface area contributed by atoms with Crippen LogP contribution in [-0.2, 0) is 0 Å². The van der Waals surface area contributed by atoms with Gasteiger partial charge in [-0.3, -0.25) is 0 Å². The molecule has 0 spiro atoms. The zero-order valence-corrected chi connectivity index (χ0v) is 8.03. The number of imidazole rings is 1. The van der Waals surface area contributed by atoms with Gasteiger partial charge in [0, 0.05) is 18.8 Å². The van der Waals surface area contributed by atoms with Crippen LogP contribution in [0, 0.1) is 0 Å². The fraction of sp³-hybridized carbons (Fsp3) is 0.364. The van der Waals surface area contributed by atoms with E-state index in [1.54, 1.807) is 6.33 Å². The molecule has 3 heteroatoms. The van der Waals surface area contributed by atoms with Gasteiger partial charge in [0.25, 0.3) is 0 Å². The van der Waals surface area contributed by atoms with Crippen molar-refractivity contribution in [1.29, 1.82) is 0 Å². The van der Waals surface area contributed by atoms with E-state index in [9.17, 15) is 0 Å². The minimum Gasteiger partial charge on any atom is -0.371 e. The lowest BCUT2D eigenvalue weighted by Gasteiger charge is -2.17. The first-order valence-corrected chi connectivity index (χ1v) is 5.11. The maximum atomic E-state index is 4.21. The smallest absolute Gasteiger partial charge is 0.0931 e. The molecule has 2 heterocycles. The lowest BCUT2D eigenvalue weighted by atomic mass is 10.2. The van der Waals surface area contributed by atoms with Crippen molar-refractivity contribution in [3.63, 3.8) is 0 Å². The number of H-pyrrole nitrogens is 1. The van der Waals surface area contributed by atoms with Gasteiger partial charge in [-0.25, -0.2) is 4.98 Å². The van der Waals surface area contributed by atoms with Crippen molar-refractivity contribution in [3.8, 4) is 0 Å². The average molecular weight is 187 g/mol. The summed E-state index contributed by atoms with van der Waals surface area (Å²) in [5.41, 5.74) is 3.50. The van der Waals surface area contributed by atoms with E-state index in [0.29, 0.717) is 0 Å². The van der Waals surface area contributed by atoms with Gasteiger partial charge in [0.05, 0.1) is 17.4 Å². The number of anilines is 1. The number of aromatic nitrogens is 2. The fourth-order valence-corrected chi connectivity index (χ4v) is 2.10. The molecular formula is C11H13N3. The molecule has 0 saturated carbocycles. The van der Waals surface area contributed by atoms with Crippen LogP contribution in [0.4, 0.5) is 5.69 Å². The molecule has 1 aromatic carbocycles. The van der Waals surface area contributed by atoms with Crippen LogP contribution in [-0.4, -0.2) is 23.1 Å². The zero-order chi connectivity index (χ0) is 9.38. The molecule has 0 atom stereocenters. The number of aromatic amines is 1. The van der Waals surface area contributed by atoms with Crippen molar-refractivity contribution in [1.82, 2.24) is 9.97 Å². The Morgan fingerprint density at radius 1 is 1.21 bits per heavy atom. The molecule has 2 aromatic rings. The minimum absolute atomic E-state index is 1.05. The van der Waals surface area contributed by atoms with Crippen LogP contribution in [0.5, 0.6) is 0 Å². The predicted molar refractivity (Wildman–Crippen MR) is 57.5 cm³/mol. The van der Waals surface area contributed by atoms with Crippen LogP contribution in [0.1, 0.15) is 12.8 Å². The molecule has 1 N–H and O–H groups in total. The third-order valence-electron chi connectivity index (χ3n) is 2.88. The number of nitrogens with one attached hydrogen (secondary N) is 1. The predicted octanol–water partition coefficient (Wildman–Crippen LogP) is 2.16. The number of benzene rings is 1. The van der Waals surface area contributed by atoms with Crippen molar-refractivity contribution in [2.75, 3.05) is 18.0 Å². The van der Waals surface area contributed by atoms with E-state index in [0.717, 1.165) is 11.0 Å². The van der Waals surface area contributed by atoms with E-state index in [-0.39, 0.29) is 0 Å². The van der Waals surface area contributed by atoms with E-state index in [1.807, 2.05) is 0 Å². The maximum Gasteiger partial charge on any atom is 0.0931 e. The van der Waals surface area contributed by atoms with Gasteiger partial charge in [0.1, 0.15) is 0 Å². The molecule has 1 aliphatic rings. The second kappa shape index (κ2) is 3.01. The van der Waals surface area contributed by atoms with E-state index < -0.39 is 0 Å². The second-order valence-electron chi connectivity index (χ2n) is 3.80. The van der Waals surface area contributed by atoms with E-state index >= 15 is 0 Å². The minimum atomic E-state index is 1.05. The molecule has 14 heavy (non-hydrogen) atoms. The van der Waals surface area contributed by atoms with Crippen molar-refractivity contribution < 1.29 is 0 Å².